The van der Waals surface area contributed by atoms with Crippen LogP contribution in [0.4, 0.5) is 0 Å². The zero-order chi connectivity index (χ0) is 8.69. The lowest BCUT2D eigenvalue weighted by atomic mass is 10.3. The summed E-state index contributed by atoms with van der Waals surface area (Å²) >= 11 is 0. The number of hydrogen-bond donors (Lipinski definition) is 0. The molecule has 0 heterocycles. The maximum Gasteiger partial charge on any atom is 0.149 e. The highest BCUT2D eigenvalue weighted by molar-refractivity contribution is 5.76. The van der Waals surface area contributed by atoms with Gasteiger partial charge in [-0.3, -0.25) is 4.79 Å². The largest absolute Gasteiger partial charge is 0.497 e. The first-order valence-electron chi connectivity index (χ1n) is 3.27. The van der Waals surface area contributed by atoms with Gasteiger partial charge in [0, 0.05) is 5.57 Å². The van der Waals surface area contributed by atoms with Crippen LogP contribution in [0.15, 0.2) is 36.1 Å². The molecule has 0 rings (SSSR count). The summed E-state index contributed by atoms with van der Waals surface area (Å²) in [5.74, 6) is 0.716. The van der Waals surface area contributed by atoms with E-state index in [-0.39, 0.29) is 0 Å². The Labute approximate surface area is 66.9 Å². The molecule has 0 N–H and O–H groups in total. The predicted molar refractivity (Wildman–Crippen MR) is 45.1 cm³/mol. The van der Waals surface area contributed by atoms with Crippen molar-refractivity contribution in [3.8, 4) is 0 Å². The molecule has 0 unspecified atom stereocenters. The van der Waals surface area contributed by atoms with Crippen LogP contribution in [-0.4, -0.2) is 13.4 Å². The zero-order valence-electron chi connectivity index (χ0n) is 6.83. The number of ether oxygens (including phenoxy) is 1. The Hall–Kier alpha value is -1.31. The van der Waals surface area contributed by atoms with Crippen molar-refractivity contribution in [3.63, 3.8) is 0 Å². The van der Waals surface area contributed by atoms with E-state index in [1.807, 2.05) is 6.92 Å². The Morgan fingerprint density at radius 1 is 1.45 bits per heavy atom. The maximum atomic E-state index is 10.1. The summed E-state index contributed by atoms with van der Waals surface area (Å²) in [4.78, 5) is 10.1. The number of allylic oxidation sites excluding steroid dienone is 4. The topological polar surface area (TPSA) is 26.3 Å². The fourth-order valence-corrected chi connectivity index (χ4v) is 0.511. The molecule has 0 atom stereocenters. The minimum absolute atomic E-state index is 0.432. The second-order valence-corrected chi connectivity index (χ2v) is 1.92. The molecule has 60 valence electrons. The summed E-state index contributed by atoms with van der Waals surface area (Å²) in [5, 5.41) is 0. The summed E-state index contributed by atoms with van der Waals surface area (Å²) in [7, 11) is 1.57. The van der Waals surface area contributed by atoms with Crippen LogP contribution in [0.5, 0.6) is 0 Å². The second kappa shape index (κ2) is 5.47. The van der Waals surface area contributed by atoms with Gasteiger partial charge in [0.1, 0.15) is 12.0 Å². The van der Waals surface area contributed by atoms with Crippen molar-refractivity contribution in [2.45, 2.75) is 6.92 Å². The van der Waals surface area contributed by atoms with Crippen molar-refractivity contribution in [2.24, 2.45) is 0 Å². The molecule has 0 aliphatic heterocycles. The van der Waals surface area contributed by atoms with E-state index in [0.717, 1.165) is 0 Å². The zero-order valence-corrected chi connectivity index (χ0v) is 6.83. The first-order chi connectivity index (χ1) is 5.24. The Balaban J connectivity index is 4.10. The molecule has 0 radical (unpaired) electrons. The van der Waals surface area contributed by atoms with Crippen molar-refractivity contribution < 1.29 is 9.53 Å². The van der Waals surface area contributed by atoms with Gasteiger partial charge in [-0.25, -0.2) is 0 Å². The summed E-state index contributed by atoms with van der Waals surface area (Å²) < 4.78 is 4.91. The molecule has 0 fully saturated rings. The van der Waals surface area contributed by atoms with Gasteiger partial charge in [0.25, 0.3) is 0 Å². The molecule has 0 spiro atoms. The van der Waals surface area contributed by atoms with Crippen molar-refractivity contribution >= 4 is 6.29 Å². The molecule has 0 bridgehead atoms. The highest BCUT2D eigenvalue weighted by Gasteiger charge is 1.86. The molecule has 2 heteroatoms. The molecule has 0 aromatic carbocycles. The van der Waals surface area contributed by atoms with Crippen LogP contribution in [0, 0.1) is 0 Å². The standard InChI is InChI=1S/C9H12O2/c1-4-9(11-3)6-5-8(2)7-10/h4-7H,2H2,1,3H3/b6-5-,9-4+. The lowest BCUT2D eigenvalue weighted by molar-refractivity contribution is -0.104. The van der Waals surface area contributed by atoms with Crippen molar-refractivity contribution in [1.29, 1.82) is 0 Å². The first-order valence-corrected chi connectivity index (χ1v) is 3.27. The van der Waals surface area contributed by atoms with E-state index in [4.69, 9.17) is 4.74 Å². The van der Waals surface area contributed by atoms with Crippen molar-refractivity contribution in [2.75, 3.05) is 7.11 Å². The van der Waals surface area contributed by atoms with Gasteiger partial charge in [-0.15, -0.1) is 0 Å². The van der Waals surface area contributed by atoms with Crippen LogP contribution in [0.1, 0.15) is 6.92 Å². The highest BCUT2D eigenvalue weighted by atomic mass is 16.5. The van der Waals surface area contributed by atoms with Crippen LogP contribution in [-0.2, 0) is 9.53 Å². The second-order valence-electron chi connectivity index (χ2n) is 1.92. The quantitative estimate of drug-likeness (QED) is 0.266. The van der Waals surface area contributed by atoms with Crippen LogP contribution in [0.2, 0.25) is 0 Å². The average molecular weight is 152 g/mol. The fraction of sp³-hybridized carbons (Fsp3) is 0.222. The van der Waals surface area contributed by atoms with Crippen LogP contribution < -0.4 is 0 Å². The van der Waals surface area contributed by atoms with E-state index in [2.05, 4.69) is 6.58 Å². The fourth-order valence-electron chi connectivity index (χ4n) is 0.511. The Bertz CT molecular complexity index is 200. The number of carbonyl (C=O) groups excluding carboxylic acids is 1. The van der Waals surface area contributed by atoms with E-state index in [1.165, 1.54) is 0 Å². The van der Waals surface area contributed by atoms with E-state index < -0.39 is 0 Å². The number of hydrogen-bond acceptors (Lipinski definition) is 2. The molecule has 2 nitrogen and oxygen atoms in total. The Morgan fingerprint density at radius 3 is 2.45 bits per heavy atom. The van der Waals surface area contributed by atoms with Gasteiger partial charge in [-0.2, -0.15) is 0 Å². The molecule has 0 saturated heterocycles. The van der Waals surface area contributed by atoms with Gasteiger partial charge in [0.05, 0.1) is 7.11 Å². The van der Waals surface area contributed by atoms with Gasteiger partial charge in [0.15, 0.2) is 0 Å². The maximum absolute atomic E-state index is 10.1. The van der Waals surface area contributed by atoms with Gasteiger partial charge >= 0.3 is 0 Å². The van der Waals surface area contributed by atoms with E-state index in [9.17, 15) is 4.79 Å². The Morgan fingerprint density at radius 2 is 2.09 bits per heavy atom. The molecule has 0 aromatic heterocycles. The predicted octanol–water partition coefficient (Wildman–Crippen LogP) is 1.85. The van der Waals surface area contributed by atoms with E-state index in [0.29, 0.717) is 17.6 Å². The van der Waals surface area contributed by atoms with Gasteiger partial charge in [-0.1, -0.05) is 6.58 Å². The lowest BCUT2D eigenvalue weighted by Gasteiger charge is -1.96. The number of aldehydes is 1. The summed E-state index contributed by atoms with van der Waals surface area (Å²) in [6.07, 6.45) is 5.79. The van der Waals surface area contributed by atoms with Crippen LogP contribution in [0.3, 0.4) is 0 Å². The van der Waals surface area contributed by atoms with Gasteiger partial charge < -0.3 is 4.74 Å². The van der Waals surface area contributed by atoms with Crippen LogP contribution in [0.25, 0.3) is 0 Å². The summed E-state index contributed by atoms with van der Waals surface area (Å²) in [5.41, 5.74) is 0.432. The third-order valence-corrected chi connectivity index (χ3v) is 1.13. The monoisotopic (exact) mass is 152 g/mol. The smallest absolute Gasteiger partial charge is 0.149 e. The molecule has 0 aliphatic carbocycles. The van der Waals surface area contributed by atoms with E-state index in [1.54, 1.807) is 25.3 Å². The lowest BCUT2D eigenvalue weighted by Crippen LogP contribution is -1.81. The molecular formula is C9H12O2. The highest BCUT2D eigenvalue weighted by Crippen LogP contribution is 1.98. The van der Waals surface area contributed by atoms with Crippen molar-refractivity contribution in [1.82, 2.24) is 0 Å². The molecular weight excluding hydrogens is 140 g/mol. The summed E-state index contributed by atoms with van der Waals surface area (Å²) in [6, 6.07) is 0. The molecule has 0 saturated carbocycles. The third kappa shape index (κ3) is 4.14. The molecule has 0 aromatic rings. The first kappa shape index (κ1) is 9.69. The normalized spacial score (nSPS) is 11.6. The van der Waals surface area contributed by atoms with Crippen LogP contribution >= 0.6 is 0 Å². The van der Waals surface area contributed by atoms with Gasteiger partial charge in [-0.05, 0) is 25.2 Å². The Kier molecular flexibility index (Phi) is 4.82. The van der Waals surface area contributed by atoms with Gasteiger partial charge in [0.2, 0.25) is 0 Å². The minimum atomic E-state index is 0.432. The van der Waals surface area contributed by atoms with E-state index >= 15 is 0 Å². The minimum Gasteiger partial charge on any atom is -0.497 e. The number of carbonyl (C=O) groups is 1. The number of rotatable bonds is 4. The molecule has 11 heavy (non-hydrogen) atoms. The average Bonchev–Trinajstić information content (AvgIpc) is 2.06. The molecule has 0 aliphatic rings. The number of methoxy groups -OCH3 is 1. The summed E-state index contributed by atoms with van der Waals surface area (Å²) in [6.45, 7) is 5.33. The SMILES string of the molecule is C=C(C=O)/C=C\C(=C/C)OC. The van der Waals surface area contributed by atoms with Crippen molar-refractivity contribution in [3.05, 3.63) is 36.1 Å². The third-order valence-electron chi connectivity index (χ3n) is 1.13. The molecule has 0 amide bonds.